The van der Waals surface area contributed by atoms with Crippen LogP contribution in [-0.2, 0) is 6.54 Å². The van der Waals surface area contributed by atoms with Crippen LogP contribution in [0.25, 0.3) is 11.3 Å². The first-order chi connectivity index (χ1) is 11.1. The van der Waals surface area contributed by atoms with E-state index in [-0.39, 0.29) is 23.1 Å². The minimum atomic E-state index is -2.65. The van der Waals surface area contributed by atoms with E-state index in [2.05, 4.69) is 41.2 Å². The number of aromatic nitrogens is 4. The summed E-state index contributed by atoms with van der Waals surface area (Å²) in [4.78, 5) is 8.41. The van der Waals surface area contributed by atoms with Crippen molar-refractivity contribution in [1.82, 2.24) is 19.7 Å². The summed E-state index contributed by atoms with van der Waals surface area (Å²) in [5.74, 6) is 0.217. The van der Waals surface area contributed by atoms with Crippen LogP contribution in [0.5, 0.6) is 0 Å². The zero-order valence-corrected chi connectivity index (χ0v) is 15.1. The van der Waals surface area contributed by atoms with Gasteiger partial charge in [0.15, 0.2) is 0 Å². The molecule has 0 spiro atoms. The lowest BCUT2D eigenvalue weighted by molar-refractivity contribution is 0.146. The maximum absolute atomic E-state index is 13.2. The molecule has 1 N–H and O–H groups in total. The molecule has 0 saturated heterocycles. The minimum absolute atomic E-state index is 0.0257. The number of aryl methyl sites for hydroxylation is 1. The maximum atomic E-state index is 13.2. The summed E-state index contributed by atoms with van der Waals surface area (Å²) in [5, 5.41) is 7.41. The summed E-state index contributed by atoms with van der Waals surface area (Å²) in [6.07, 6.45) is -0.994. The van der Waals surface area contributed by atoms with Crippen molar-refractivity contribution >= 4 is 5.95 Å². The van der Waals surface area contributed by atoms with Gasteiger partial charge in [-0.25, -0.2) is 18.7 Å². The molecule has 2 aromatic heterocycles. The predicted molar refractivity (Wildman–Crippen MR) is 91.2 cm³/mol. The van der Waals surface area contributed by atoms with E-state index in [1.807, 2.05) is 25.5 Å². The molecule has 7 heteroatoms. The third-order valence-corrected chi connectivity index (χ3v) is 4.29. The Bertz CT molecular complexity index is 703. The third-order valence-electron chi connectivity index (χ3n) is 4.29. The van der Waals surface area contributed by atoms with Gasteiger partial charge in [-0.05, 0) is 32.3 Å². The second kappa shape index (κ2) is 6.83. The lowest BCUT2D eigenvalue weighted by Crippen LogP contribution is -2.31. The predicted octanol–water partition coefficient (Wildman–Crippen LogP) is 4.45. The Morgan fingerprint density at radius 1 is 1.25 bits per heavy atom. The van der Waals surface area contributed by atoms with Crippen LogP contribution in [0.4, 0.5) is 14.7 Å². The Kier molecular flexibility index (Phi) is 5.20. The Balaban J connectivity index is 2.46. The van der Waals surface area contributed by atoms with Gasteiger partial charge in [0.05, 0.1) is 11.9 Å². The molecule has 0 aromatic carbocycles. The van der Waals surface area contributed by atoms with Gasteiger partial charge >= 0.3 is 0 Å². The Morgan fingerprint density at radius 2 is 1.92 bits per heavy atom. The van der Waals surface area contributed by atoms with Crippen LogP contribution in [0.3, 0.4) is 0 Å². The van der Waals surface area contributed by atoms with Gasteiger partial charge in [-0.15, -0.1) is 0 Å². The summed E-state index contributed by atoms with van der Waals surface area (Å²) in [6, 6.07) is 1.36. The monoisotopic (exact) mass is 337 g/mol. The highest BCUT2D eigenvalue weighted by molar-refractivity contribution is 5.62. The van der Waals surface area contributed by atoms with Crippen molar-refractivity contribution in [2.24, 2.45) is 5.41 Å². The van der Waals surface area contributed by atoms with E-state index in [9.17, 15) is 8.78 Å². The molecule has 0 amide bonds. The number of hydrogen-bond acceptors (Lipinski definition) is 4. The molecule has 0 saturated carbocycles. The number of rotatable bonds is 5. The summed E-state index contributed by atoms with van der Waals surface area (Å²) >= 11 is 0. The van der Waals surface area contributed by atoms with Crippen LogP contribution in [0, 0.1) is 12.3 Å². The van der Waals surface area contributed by atoms with Crippen LogP contribution < -0.4 is 5.32 Å². The second-order valence-electron chi connectivity index (χ2n) is 6.99. The highest BCUT2D eigenvalue weighted by Crippen LogP contribution is 2.28. The average Bonchev–Trinajstić information content (AvgIpc) is 2.86. The molecule has 2 heterocycles. The molecule has 0 aliphatic heterocycles. The van der Waals surface area contributed by atoms with E-state index in [0.29, 0.717) is 12.2 Å². The minimum Gasteiger partial charge on any atom is -0.351 e. The summed E-state index contributed by atoms with van der Waals surface area (Å²) in [5.41, 5.74) is 1.76. The largest absolute Gasteiger partial charge is 0.351 e. The van der Waals surface area contributed by atoms with Crippen molar-refractivity contribution in [2.75, 3.05) is 5.32 Å². The number of alkyl halides is 2. The van der Waals surface area contributed by atoms with E-state index >= 15 is 0 Å². The molecule has 1 unspecified atom stereocenters. The van der Waals surface area contributed by atoms with Gasteiger partial charge in [-0.2, -0.15) is 5.10 Å². The standard InChI is InChI=1S/C17H25F2N5/c1-7-24-10(2)12(9-20-24)13-8-14(15(18)19)23-16(22-13)21-11(3)17(4,5)6/h8-9,11,15H,7H2,1-6H3,(H,21,22,23). The van der Waals surface area contributed by atoms with Crippen LogP contribution in [0.1, 0.15) is 52.4 Å². The fraction of sp³-hybridized carbons (Fsp3) is 0.588. The van der Waals surface area contributed by atoms with E-state index < -0.39 is 6.43 Å². The summed E-state index contributed by atoms with van der Waals surface area (Å²) in [7, 11) is 0. The van der Waals surface area contributed by atoms with Gasteiger partial charge in [-0.3, -0.25) is 4.68 Å². The topological polar surface area (TPSA) is 55.6 Å². The van der Waals surface area contributed by atoms with E-state index in [4.69, 9.17) is 0 Å². The third kappa shape index (κ3) is 3.88. The highest BCUT2D eigenvalue weighted by atomic mass is 19.3. The van der Waals surface area contributed by atoms with Crippen LogP contribution in [0.15, 0.2) is 12.3 Å². The quantitative estimate of drug-likeness (QED) is 0.875. The molecule has 2 rings (SSSR count). The second-order valence-corrected chi connectivity index (χ2v) is 6.99. The van der Waals surface area contributed by atoms with Crippen molar-refractivity contribution in [3.63, 3.8) is 0 Å². The lowest BCUT2D eigenvalue weighted by Gasteiger charge is -2.28. The summed E-state index contributed by atoms with van der Waals surface area (Å²) in [6.45, 7) is 12.8. The van der Waals surface area contributed by atoms with Gasteiger partial charge < -0.3 is 5.32 Å². The van der Waals surface area contributed by atoms with Crippen molar-refractivity contribution in [3.05, 3.63) is 23.7 Å². The average molecular weight is 337 g/mol. The molecular weight excluding hydrogens is 312 g/mol. The zero-order chi connectivity index (χ0) is 18.1. The van der Waals surface area contributed by atoms with E-state index in [1.54, 1.807) is 6.20 Å². The molecule has 0 aliphatic rings. The molecule has 0 bridgehead atoms. The number of halogens is 2. The van der Waals surface area contributed by atoms with Crippen LogP contribution in [-0.4, -0.2) is 25.8 Å². The molecule has 0 fully saturated rings. The molecule has 0 aliphatic carbocycles. The van der Waals surface area contributed by atoms with Gasteiger partial charge in [0, 0.05) is 23.8 Å². The van der Waals surface area contributed by atoms with E-state index in [1.165, 1.54) is 6.07 Å². The van der Waals surface area contributed by atoms with E-state index in [0.717, 1.165) is 11.3 Å². The summed E-state index contributed by atoms with van der Waals surface area (Å²) < 4.78 is 28.3. The first-order valence-electron chi connectivity index (χ1n) is 8.10. The normalized spacial score (nSPS) is 13.4. The molecular formula is C17H25F2N5. The molecule has 24 heavy (non-hydrogen) atoms. The lowest BCUT2D eigenvalue weighted by atomic mass is 9.88. The zero-order valence-electron chi connectivity index (χ0n) is 15.1. The molecule has 132 valence electrons. The maximum Gasteiger partial charge on any atom is 0.280 e. The number of nitrogens with one attached hydrogen (secondary N) is 1. The number of nitrogens with zero attached hydrogens (tertiary/aromatic N) is 4. The molecule has 0 radical (unpaired) electrons. The van der Waals surface area contributed by atoms with Crippen molar-refractivity contribution in [1.29, 1.82) is 0 Å². The van der Waals surface area contributed by atoms with Crippen LogP contribution in [0.2, 0.25) is 0 Å². The molecule has 2 aromatic rings. The first-order valence-corrected chi connectivity index (χ1v) is 8.10. The van der Waals surface area contributed by atoms with Gasteiger partial charge in [0.2, 0.25) is 5.95 Å². The highest BCUT2D eigenvalue weighted by Gasteiger charge is 2.22. The van der Waals surface area contributed by atoms with Crippen molar-refractivity contribution in [3.8, 4) is 11.3 Å². The first kappa shape index (κ1) is 18.3. The Hall–Kier alpha value is -2.05. The fourth-order valence-electron chi connectivity index (χ4n) is 2.21. The van der Waals surface area contributed by atoms with Crippen molar-refractivity contribution in [2.45, 2.75) is 60.6 Å². The van der Waals surface area contributed by atoms with Crippen molar-refractivity contribution < 1.29 is 8.78 Å². The molecule has 5 nitrogen and oxygen atoms in total. The smallest absolute Gasteiger partial charge is 0.280 e. The molecule has 1 atom stereocenters. The van der Waals surface area contributed by atoms with Crippen LogP contribution >= 0.6 is 0 Å². The van der Waals surface area contributed by atoms with Gasteiger partial charge in [0.1, 0.15) is 5.69 Å². The van der Waals surface area contributed by atoms with Gasteiger partial charge in [0.25, 0.3) is 6.43 Å². The number of hydrogen-bond donors (Lipinski definition) is 1. The number of anilines is 1. The fourth-order valence-corrected chi connectivity index (χ4v) is 2.21. The SMILES string of the molecule is CCn1ncc(-c2cc(C(F)F)nc(NC(C)C(C)(C)C)n2)c1C. The Morgan fingerprint density at radius 3 is 2.42 bits per heavy atom. The van der Waals surface area contributed by atoms with Gasteiger partial charge in [-0.1, -0.05) is 20.8 Å². The Labute approximate surface area is 141 Å².